The van der Waals surface area contributed by atoms with Crippen molar-refractivity contribution in [1.82, 2.24) is 14.9 Å². The van der Waals surface area contributed by atoms with Crippen molar-refractivity contribution in [2.45, 2.75) is 26.2 Å². The highest BCUT2D eigenvalue weighted by atomic mass is 19.1. The molecule has 28 heavy (non-hydrogen) atoms. The molecule has 0 radical (unpaired) electrons. The zero-order chi connectivity index (χ0) is 19.5. The number of halogens is 1. The van der Waals surface area contributed by atoms with E-state index in [1.54, 1.807) is 12.1 Å². The molecular formula is C23H24FN3O. The molecule has 1 aromatic heterocycles. The van der Waals surface area contributed by atoms with Gasteiger partial charge in [0.05, 0.1) is 17.6 Å². The lowest BCUT2D eigenvalue weighted by molar-refractivity contribution is 0.203. The minimum atomic E-state index is -0.192. The van der Waals surface area contributed by atoms with Crippen LogP contribution in [0.3, 0.4) is 0 Å². The largest absolute Gasteiger partial charge is 0.323 e. The van der Waals surface area contributed by atoms with E-state index in [0.717, 1.165) is 61.1 Å². The van der Waals surface area contributed by atoms with Gasteiger partial charge in [-0.05, 0) is 80.6 Å². The van der Waals surface area contributed by atoms with Gasteiger partial charge < -0.3 is 9.97 Å². The topological polar surface area (TPSA) is 51.9 Å². The molecule has 1 saturated heterocycles. The maximum atomic E-state index is 13.0. The molecule has 2 heterocycles. The molecule has 1 aliphatic heterocycles. The van der Waals surface area contributed by atoms with Crippen molar-refractivity contribution >= 4 is 11.0 Å². The summed E-state index contributed by atoms with van der Waals surface area (Å²) in [7, 11) is 0. The van der Waals surface area contributed by atoms with Crippen LogP contribution in [0.5, 0.6) is 0 Å². The maximum Gasteiger partial charge on any atom is 0.323 e. The molecule has 4 nitrogen and oxygen atoms in total. The molecule has 0 amide bonds. The molecular weight excluding hydrogens is 353 g/mol. The van der Waals surface area contributed by atoms with Crippen molar-refractivity contribution in [2.75, 3.05) is 19.6 Å². The lowest BCUT2D eigenvalue weighted by atomic mass is 9.90. The molecule has 144 valence electrons. The van der Waals surface area contributed by atoms with Gasteiger partial charge in [-0.3, -0.25) is 4.90 Å². The Labute approximate surface area is 163 Å². The van der Waals surface area contributed by atoms with E-state index in [1.165, 1.54) is 5.56 Å². The van der Waals surface area contributed by atoms with Crippen LogP contribution < -0.4 is 5.69 Å². The second kappa shape index (κ2) is 8.04. The second-order valence-corrected chi connectivity index (χ2v) is 7.64. The van der Waals surface area contributed by atoms with Crippen LogP contribution in [0.4, 0.5) is 4.39 Å². The number of piperidine rings is 1. The number of imidazole rings is 1. The van der Waals surface area contributed by atoms with E-state index in [1.807, 2.05) is 31.2 Å². The van der Waals surface area contributed by atoms with Crippen LogP contribution in [0.1, 0.15) is 29.5 Å². The average Bonchev–Trinajstić information content (AvgIpc) is 3.04. The van der Waals surface area contributed by atoms with E-state index in [9.17, 15) is 9.18 Å². The quantitative estimate of drug-likeness (QED) is 0.685. The molecule has 0 saturated carbocycles. The number of nitrogens with one attached hydrogen (secondary N) is 2. The monoisotopic (exact) mass is 377 g/mol. The first-order valence-corrected chi connectivity index (χ1v) is 9.75. The number of nitrogens with zero attached hydrogens (tertiary/aromatic N) is 1. The van der Waals surface area contributed by atoms with Crippen molar-refractivity contribution in [1.29, 1.82) is 0 Å². The summed E-state index contributed by atoms with van der Waals surface area (Å²) in [6, 6.07) is 10.8. The molecule has 2 aromatic carbocycles. The standard InChI is InChI=1S/C23H24FN3O/c1-16-13-21-22(26-23(28)25-21)15-19(16)3-2-10-27-11-8-18(9-12-27)14-17-4-6-20(24)7-5-17/h4-7,13,15,18H,8-12,14H2,1H3,(H2,25,26,28). The molecule has 1 fully saturated rings. The molecule has 5 heteroatoms. The Hall–Kier alpha value is -2.84. The second-order valence-electron chi connectivity index (χ2n) is 7.64. The van der Waals surface area contributed by atoms with Gasteiger partial charge in [-0.15, -0.1) is 0 Å². The summed E-state index contributed by atoms with van der Waals surface area (Å²) in [6.45, 7) is 4.85. The molecule has 0 atom stereocenters. The van der Waals surface area contributed by atoms with Crippen LogP contribution >= 0.6 is 0 Å². The number of hydrogen-bond acceptors (Lipinski definition) is 2. The zero-order valence-corrected chi connectivity index (χ0v) is 16.0. The Bertz CT molecular complexity index is 1080. The van der Waals surface area contributed by atoms with Crippen LogP contribution in [0.15, 0.2) is 41.2 Å². The van der Waals surface area contributed by atoms with E-state index in [4.69, 9.17) is 0 Å². The number of fused-ring (bicyclic) bond motifs is 1. The summed E-state index contributed by atoms with van der Waals surface area (Å²) in [5.74, 6) is 7.03. The fourth-order valence-corrected chi connectivity index (χ4v) is 3.87. The number of hydrogen-bond donors (Lipinski definition) is 2. The average molecular weight is 377 g/mol. The van der Waals surface area contributed by atoms with Gasteiger partial charge in [0, 0.05) is 5.56 Å². The number of benzene rings is 2. The minimum Gasteiger partial charge on any atom is -0.306 e. The van der Waals surface area contributed by atoms with Gasteiger partial charge in [0.15, 0.2) is 0 Å². The van der Waals surface area contributed by atoms with Crippen LogP contribution in [0.2, 0.25) is 0 Å². The fourth-order valence-electron chi connectivity index (χ4n) is 3.87. The van der Waals surface area contributed by atoms with Crippen molar-refractivity contribution in [3.05, 3.63) is 69.4 Å². The summed E-state index contributed by atoms with van der Waals surface area (Å²) in [5, 5.41) is 0. The van der Waals surface area contributed by atoms with E-state index < -0.39 is 0 Å². The number of aryl methyl sites for hydroxylation is 1. The molecule has 0 aliphatic carbocycles. The van der Waals surface area contributed by atoms with Crippen molar-refractivity contribution < 1.29 is 4.39 Å². The third kappa shape index (κ3) is 4.35. The molecule has 3 aromatic rings. The molecule has 2 N–H and O–H groups in total. The molecule has 0 spiro atoms. The van der Waals surface area contributed by atoms with E-state index in [2.05, 4.69) is 26.7 Å². The highest BCUT2D eigenvalue weighted by Gasteiger charge is 2.18. The number of aromatic amines is 2. The Morgan fingerprint density at radius 2 is 1.79 bits per heavy atom. The first kappa shape index (κ1) is 18.5. The van der Waals surface area contributed by atoms with Crippen LogP contribution in [0, 0.1) is 30.5 Å². The van der Waals surface area contributed by atoms with Gasteiger partial charge in [-0.2, -0.15) is 0 Å². The third-order valence-electron chi connectivity index (χ3n) is 5.53. The van der Waals surface area contributed by atoms with Gasteiger partial charge in [0.1, 0.15) is 5.82 Å². The molecule has 1 aliphatic rings. The fraction of sp³-hybridized carbons (Fsp3) is 0.348. The van der Waals surface area contributed by atoms with E-state index in [0.29, 0.717) is 5.92 Å². The Kier molecular flexibility index (Phi) is 5.31. The maximum absolute atomic E-state index is 13.0. The Morgan fingerprint density at radius 3 is 2.50 bits per heavy atom. The lowest BCUT2D eigenvalue weighted by Gasteiger charge is -2.30. The summed E-state index contributed by atoms with van der Waals surface area (Å²) < 4.78 is 13.0. The molecule has 0 bridgehead atoms. The predicted octanol–water partition coefficient (Wildman–Crippen LogP) is 3.61. The van der Waals surface area contributed by atoms with Gasteiger partial charge in [-0.1, -0.05) is 24.0 Å². The highest BCUT2D eigenvalue weighted by molar-refractivity contribution is 5.77. The third-order valence-corrected chi connectivity index (χ3v) is 5.53. The number of H-pyrrole nitrogens is 2. The normalized spacial score (nSPS) is 15.5. The van der Waals surface area contributed by atoms with Gasteiger partial charge in [0.25, 0.3) is 0 Å². The van der Waals surface area contributed by atoms with E-state index in [-0.39, 0.29) is 11.5 Å². The SMILES string of the molecule is Cc1cc2[nH]c(=O)[nH]c2cc1C#CCN1CCC(Cc2ccc(F)cc2)CC1. The molecule has 4 rings (SSSR count). The van der Waals surface area contributed by atoms with Gasteiger partial charge in [-0.25, -0.2) is 9.18 Å². The number of aromatic nitrogens is 2. The predicted molar refractivity (Wildman–Crippen MR) is 110 cm³/mol. The summed E-state index contributed by atoms with van der Waals surface area (Å²) in [6.07, 6.45) is 3.32. The number of likely N-dealkylation sites (tertiary alicyclic amines) is 1. The summed E-state index contributed by atoms with van der Waals surface area (Å²) in [5.41, 5.74) is 4.65. The molecule has 0 unspecified atom stereocenters. The van der Waals surface area contributed by atoms with Crippen LogP contribution in [-0.4, -0.2) is 34.5 Å². The lowest BCUT2D eigenvalue weighted by Crippen LogP contribution is -2.34. The summed E-state index contributed by atoms with van der Waals surface area (Å²) in [4.78, 5) is 19.4. The van der Waals surface area contributed by atoms with Crippen LogP contribution in [-0.2, 0) is 6.42 Å². The van der Waals surface area contributed by atoms with Crippen molar-refractivity contribution in [3.8, 4) is 11.8 Å². The van der Waals surface area contributed by atoms with Gasteiger partial charge in [0.2, 0.25) is 0 Å². The number of rotatable bonds is 3. The summed E-state index contributed by atoms with van der Waals surface area (Å²) >= 11 is 0. The van der Waals surface area contributed by atoms with E-state index >= 15 is 0 Å². The van der Waals surface area contributed by atoms with Gasteiger partial charge >= 0.3 is 5.69 Å². The van der Waals surface area contributed by atoms with Crippen molar-refractivity contribution in [2.24, 2.45) is 5.92 Å². The first-order chi connectivity index (χ1) is 13.6. The first-order valence-electron chi connectivity index (χ1n) is 9.75. The highest BCUT2D eigenvalue weighted by Crippen LogP contribution is 2.21. The Balaban J connectivity index is 1.32. The zero-order valence-electron chi connectivity index (χ0n) is 16.0. The smallest absolute Gasteiger partial charge is 0.306 e. The Morgan fingerprint density at radius 1 is 1.11 bits per heavy atom. The minimum absolute atomic E-state index is 0.172. The van der Waals surface area contributed by atoms with Crippen LogP contribution in [0.25, 0.3) is 11.0 Å². The van der Waals surface area contributed by atoms with Crippen molar-refractivity contribution in [3.63, 3.8) is 0 Å².